The Balaban J connectivity index is 1.70. The van der Waals surface area contributed by atoms with Gasteiger partial charge in [0, 0.05) is 26.1 Å². The van der Waals surface area contributed by atoms with E-state index in [1.807, 2.05) is 11.0 Å². The third-order valence-corrected chi connectivity index (χ3v) is 4.28. The maximum absolute atomic E-state index is 12.1. The van der Waals surface area contributed by atoms with E-state index in [1.54, 1.807) is 13.0 Å². The molecule has 2 rings (SSSR count). The molecule has 1 aliphatic heterocycles. The van der Waals surface area contributed by atoms with Crippen LogP contribution in [0.5, 0.6) is 0 Å². The van der Waals surface area contributed by atoms with Crippen LogP contribution in [-0.4, -0.2) is 35.7 Å². The standard InChI is InChI=1S/C14H20F2N2O2S/c1-10(19)18-6-4-11(5-7-18)17-8-12-2-3-13(20-12)9-21-14(15)16/h2-3,11,14,17H,4-9H2,1H3. The van der Waals surface area contributed by atoms with E-state index in [1.165, 1.54) is 0 Å². The van der Waals surface area contributed by atoms with Crippen molar-refractivity contribution in [3.05, 3.63) is 23.7 Å². The molecule has 118 valence electrons. The molecule has 0 radical (unpaired) electrons. The zero-order chi connectivity index (χ0) is 15.2. The molecule has 0 aromatic carbocycles. The molecule has 1 aromatic heterocycles. The van der Waals surface area contributed by atoms with Gasteiger partial charge in [-0.1, -0.05) is 11.8 Å². The fraction of sp³-hybridized carbons (Fsp3) is 0.643. The lowest BCUT2D eigenvalue weighted by Crippen LogP contribution is -2.43. The Labute approximate surface area is 127 Å². The molecular formula is C14H20F2N2O2S. The quantitative estimate of drug-likeness (QED) is 0.876. The van der Waals surface area contributed by atoms with Crippen LogP contribution in [0.3, 0.4) is 0 Å². The molecule has 0 unspecified atom stereocenters. The zero-order valence-electron chi connectivity index (χ0n) is 12.0. The lowest BCUT2D eigenvalue weighted by Gasteiger charge is -2.31. The molecule has 0 saturated carbocycles. The van der Waals surface area contributed by atoms with Crippen LogP contribution in [0.2, 0.25) is 0 Å². The topological polar surface area (TPSA) is 45.5 Å². The zero-order valence-corrected chi connectivity index (χ0v) is 12.8. The highest BCUT2D eigenvalue weighted by molar-refractivity contribution is 7.98. The van der Waals surface area contributed by atoms with Crippen LogP contribution < -0.4 is 5.32 Å². The Bertz CT molecular complexity index is 460. The van der Waals surface area contributed by atoms with Crippen molar-refractivity contribution in [2.24, 2.45) is 0 Å². The van der Waals surface area contributed by atoms with Gasteiger partial charge in [-0.15, -0.1) is 0 Å². The number of carbonyl (C=O) groups is 1. The molecule has 7 heteroatoms. The van der Waals surface area contributed by atoms with Crippen LogP contribution in [0.4, 0.5) is 8.78 Å². The summed E-state index contributed by atoms with van der Waals surface area (Å²) < 4.78 is 29.7. The summed E-state index contributed by atoms with van der Waals surface area (Å²) in [6, 6.07) is 3.92. The number of piperidine rings is 1. The van der Waals surface area contributed by atoms with E-state index in [0.29, 0.717) is 30.1 Å². The molecule has 1 N–H and O–H groups in total. The molecule has 21 heavy (non-hydrogen) atoms. The smallest absolute Gasteiger partial charge is 0.284 e. The van der Waals surface area contributed by atoms with Gasteiger partial charge in [0.15, 0.2) is 0 Å². The summed E-state index contributed by atoms with van der Waals surface area (Å²) in [4.78, 5) is 13.1. The van der Waals surface area contributed by atoms with Crippen LogP contribution >= 0.6 is 11.8 Å². The summed E-state index contributed by atoms with van der Waals surface area (Å²) in [5.41, 5.74) is 0. The molecule has 2 heterocycles. The number of thioether (sulfide) groups is 1. The van der Waals surface area contributed by atoms with Crippen molar-refractivity contribution >= 4 is 17.7 Å². The first kappa shape index (κ1) is 16.3. The predicted molar refractivity (Wildman–Crippen MR) is 78.1 cm³/mol. The summed E-state index contributed by atoms with van der Waals surface area (Å²) in [5, 5.41) is 3.39. The Kier molecular flexibility index (Phi) is 6.05. The van der Waals surface area contributed by atoms with Crippen molar-refractivity contribution in [2.75, 3.05) is 13.1 Å². The summed E-state index contributed by atoms with van der Waals surface area (Å²) in [7, 11) is 0. The number of amides is 1. The Morgan fingerprint density at radius 2 is 2.10 bits per heavy atom. The first-order valence-corrected chi connectivity index (χ1v) is 8.05. The van der Waals surface area contributed by atoms with E-state index < -0.39 is 5.76 Å². The summed E-state index contributed by atoms with van der Waals surface area (Å²) in [6.07, 6.45) is 1.85. The second-order valence-electron chi connectivity index (χ2n) is 5.10. The maximum Gasteiger partial charge on any atom is 0.284 e. The number of likely N-dealkylation sites (tertiary alicyclic amines) is 1. The van der Waals surface area contributed by atoms with Gasteiger partial charge in [0.05, 0.1) is 12.3 Å². The molecule has 0 bridgehead atoms. The molecule has 4 nitrogen and oxygen atoms in total. The largest absolute Gasteiger partial charge is 0.464 e. The number of hydrogen-bond donors (Lipinski definition) is 1. The molecule has 1 saturated heterocycles. The lowest BCUT2D eigenvalue weighted by atomic mass is 10.1. The fourth-order valence-corrected chi connectivity index (χ4v) is 2.83. The van der Waals surface area contributed by atoms with Crippen LogP contribution in [-0.2, 0) is 17.1 Å². The fourth-order valence-electron chi connectivity index (χ4n) is 2.38. The van der Waals surface area contributed by atoms with E-state index in [0.717, 1.165) is 31.7 Å². The average molecular weight is 318 g/mol. The minimum Gasteiger partial charge on any atom is -0.464 e. The van der Waals surface area contributed by atoms with Gasteiger partial charge in [-0.05, 0) is 25.0 Å². The first-order chi connectivity index (χ1) is 10.0. The van der Waals surface area contributed by atoms with Gasteiger partial charge in [0.25, 0.3) is 5.76 Å². The first-order valence-electron chi connectivity index (χ1n) is 7.01. The van der Waals surface area contributed by atoms with E-state index in [9.17, 15) is 13.6 Å². The number of alkyl halides is 2. The van der Waals surface area contributed by atoms with E-state index >= 15 is 0 Å². The monoisotopic (exact) mass is 318 g/mol. The summed E-state index contributed by atoms with van der Waals surface area (Å²) in [6.45, 7) is 3.74. The van der Waals surface area contributed by atoms with Gasteiger partial charge in [0.2, 0.25) is 5.91 Å². The third-order valence-electron chi connectivity index (χ3n) is 3.57. The molecule has 1 aliphatic rings. The highest BCUT2D eigenvalue weighted by atomic mass is 32.2. The Morgan fingerprint density at radius 1 is 1.43 bits per heavy atom. The summed E-state index contributed by atoms with van der Waals surface area (Å²) >= 11 is 0.562. The van der Waals surface area contributed by atoms with Crippen molar-refractivity contribution in [1.29, 1.82) is 0 Å². The van der Waals surface area contributed by atoms with E-state index in [-0.39, 0.29) is 11.7 Å². The lowest BCUT2D eigenvalue weighted by molar-refractivity contribution is -0.129. The minimum absolute atomic E-state index is 0.126. The third kappa shape index (κ3) is 5.32. The number of hydrogen-bond acceptors (Lipinski definition) is 4. The minimum atomic E-state index is -2.37. The Hall–Kier alpha value is -1.08. The normalized spacial score (nSPS) is 16.7. The maximum atomic E-state index is 12.1. The molecule has 0 spiro atoms. The second-order valence-corrected chi connectivity index (χ2v) is 6.08. The molecule has 1 aromatic rings. The molecule has 1 fully saturated rings. The van der Waals surface area contributed by atoms with Gasteiger partial charge in [-0.25, -0.2) is 0 Å². The van der Waals surface area contributed by atoms with Crippen molar-refractivity contribution in [3.8, 4) is 0 Å². The number of rotatable bonds is 6. The predicted octanol–water partition coefficient (Wildman–Crippen LogP) is 2.84. The van der Waals surface area contributed by atoms with Crippen LogP contribution in [0.15, 0.2) is 16.5 Å². The van der Waals surface area contributed by atoms with Crippen LogP contribution in [0, 0.1) is 0 Å². The van der Waals surface area contributed by atoms with Gasteiger partial charge >= 0.3 is 0 Å². The van der Waals surface area contributed by atoms with Crippen molar-refractivity contribution in [2.45, 2.75) is 43.9 Å². The number of nitrogens with one attached hydrogen (secondary N) is 1. The van der Waals surface area contributed by atoms with Crippen molar-refractivity contribution in [3.63, 3.8) is 0 Å². The highest BCUT2D eigenvalue weighted by Crippen LogP contribution is 2.21. The van der Waals surface area contributed by atoms with E-state index in [4.69, 9.17) is 4.42 Å². The number of carbonyl (C=O) groups excluding carboxylic acids is 1. The number of furan rings is 1. The van der Waals surface area contributed by atoms with Gasteiger partial charge in [-0.3, -0.25) is 4.79 Å². The van der Waals surface area contributed by atoms with Gasteiger partial charge in [0.1, 0.15) is 11.5 Å². The van der Waals surface area contributed by atoms with Gasteiger partial charge < -0.3 is 14.6 Å². The van der Waals surface area contributed by atoms with Crippen LogP contribution in [0.1, 0.15) is 31.3 Å². The summed E-state index contributed by atoms with van der Waals surface area (Å²) in [5.74, 6) is -0.726. The van der Waals surface area contributed by atoms with Gasteiger partial charge in [-0.2, -0.15) is 8.78 Å². The molecule has 1 amide bonds. The molecule has 0 atom stereocenters. The van der Waals surface area contributed by atoms with Crippen molar-refractivity contribution in [1.82, 2.24) is 10.2 Å². The second kappa shape index (κ2) is 7.79. The average Bonchev–Trinajstić information content (AvgIpc) is 2.91. The molecular weight excluding hydrogens is 298 g/mol. The highest BCUT2D eigenvalue weighted by Gasteiger charge is 2.20. The number of nitrogens with zero attached hydrogens (tertiary/aromatic N) is 1. The van der Waals surface area contributed by atoms with Crippen LogP contribution in [0.25, 0.3) is 0 Å². The Morgan fingerprint density at radius 3 is 2.71 bits per heavy atom. The van der Waals surface area contributed by atoms with E-state index in [2.05, 4.69) is 5.32 Å². The number of halogens is 2. The molecule has 0 aliphatic carbocycles. The van der Waals surface area contributed by atoms with Crippen molar-refractivity contribution < 1.29 is 18.0 Å². The SMILES string of the molecule is CC(=O)N1CCC(NCc2ccc(CSC(F)F)o2)CC1.